The van der Waals surface area contributed by atoms with Crippen LogP contribution in [-0.2, 0) is 9.84 Å². The van der Waals surface area contributed by atoms with E-state index in [4.69, 9.17) is 4.74 Å². The van der Waals surface area contributed by atoms with Crippen LogP contribution in [0.25, 0.3) is 10.6 Å². The second kappa shape index (κ2) is 5.27. The lowest BCUT2D eigenvalue weighted by atomic mass is 10.2. The summed E-state index contributed by atoms with van der Waals surface area (Å²) in [4.78, 5) is 12.0. The monoisotopic (exact) mass is 326 g/mol. The molecular weight excluding hydrogens is 312 g/mol. The van der Waals surface area contributed by atoms with E-state index in [-0.39, 0.29) is 17.5 Å². The normalized spacial score (nSPS) is 20.5. The molecule has 8 heteroatoms. The van der Waals surface area contributed by atoms with Gasteiger partial charge in [0.05, 0.1) is 35.1 Å². The van der Waals surface area contributed by atoms with Crippen LogP contribution in [0.4, 0.5) is 0 Å². The average Bonchev–Trinajstić information content (AvgIpc) is 3.14. The van der Waals surface area contributed by atoms with E-state index < -0.39 is 9.84 Å². The molecule has 3 rings (SSSR count). The Labute approximate surface area is 126 Å². The van der Waals surface area contributed by atoms with Gasteiger partial charge >= 0.3 is 0 Å². The number of aldehydes is 1. The number of hydrogen-bond donors (Lipinski definition) is 0. The minimum atomic E-state index is -2.99. The molecule has 1 aliphatic heterocycles. The summed E-state index contributed by atoms with van der Waals surface area (Å²) >= 11 is 1.43. The van der Waals surface area contributed by atoms with Crippen molar-refractivity contribution >= 4 is 27.5 Å². The number of rotatable bonds is 4. The van der Waals surface area contributed by atoms with Crippen LogP contribution in [0, 0.1) is 0 Å². The fourth-order valence-corrected chi connectivity index (χ4v) is 5.04. The summed E-state index contributed by atoms with van der Waals surface area (Å²) in [5, 5.41) is 6.29. The molecule has 0 spiro atoms. The summed E-state index contributed by atoms with van der Waals surface area (Å²) < 4.78 is 30.0. The number of thiophene rings is 1. The van der Waals surface area contributed by atoms with Gasteiger partial charge in [-0.3, -0.25) is 9.48 Å². The molecule has 2 aromatic rings. The number of carbonyl (C=O) groups is 1. The molecule has 1 unspecified atom stereocenters. The minimum absolute atomic E-state index is 0.0774. The largest absolute Gasteiger partial charge is 0.495 e. The third kappa shape index (κ3) is 2.60. The van der Waals surface area contributed by atoms with Gasteiger partial charge in [-0.2, -0.15) is 5.10 Å². The number of nitrogens with zero attached hydrogens (tertiary/aromatic N) is 2. The van der Waals surface area contributed by atoms with Crippen molar-refractivity contribution in [3.63, 3.8) is 0 Å². The van der Waals surface area contributed by atoms with Gasteiger partial charge in [0.25, 0.3) is 0 Å². The molecule has 1 atom stereocenters. The maximum atomic E-state index is 11.6. The first-order valence-corrected chi connectivity index (χ1v) is 9.11. The summed E-state index contributed by atoms with van der Waals surface area (Å²) in [6.45, 7) is 0. The Bertz CT molecular complexity index is 776. The number of methoxy groups -OCH3 is 1. The highest BCUT2D eigenvalue weighted by Crippen LogP contribution is 2.36. The second-order valence-electron chi connectivity index (χ2n) is 4.91. The van der Waals surface area contributed by atoms with Crippen molar-refractivity contribution < 1.29 is 17.9 Å². The first-order chi connectivity index (χ1) is 10.0. The molecule has 0 radical (unpaired) electrons. The fourth-order valence-electron chi connectivity index (χ4n) is 2.47. The van der Waals surface area contributed by atoms with Gasteiger partial charge in [-0.15, -0.1) is 11.3 Å². The summed E-state index contributed by atoms with van der Waals surface area (Å²) in [5.41, 5.74) is 0.987. The van der Waals surface area contributed by atoms with Gasteiger partial charge in [0.15, 0.2) is 16.1 Å². The maximum absolute atomic E-state index is 11.6. The molecule has 1 saturated heterocycles. The molecule has 3 heterocycles. The second-order valence-corrected chi connectivity index (χ2v) is 8.05. The highest BCUT2D eigenvalue weighted by Gasteiger charge is 2.30. The van der Waals surface area contributed by atoms with E-state index in [1.54, 1.807) is 18.0 Å². The first-order valence-electron chi connectivity index (χ1n) is 6.40. The van der Waals surface area contributed by atoms with Crippen LogP contribution in [0.3, 0.4) is 0 Å². The van der Waals surface area contributed by atoms with Crippen molar-refractivity contribution in [3.05, 3.63) is 23.2 Å². The molecule has 0 amide bonds. The third-order valence-corrected chi connectivity index (χ3v) is 6.19. The highest BCUT2D eigenvalue weighted by molar-refractivity contribution is 7.91. The quantitative estimate of drug-likeness (QED) is 0.801. The smallest absolute Gasteiger partial charge is 0.153 e. The van der Waals surface area contributed by atoms with E-state index in [1.165, 1.54) is 11.3 Å². The lowest BCUT2D eigenvalue weighted by molar-refractivity contribution is 0.112. The van der Waals surface area contributed by atoms with Crippen molar-refractivity contribution in [2.75, 3.05) is 18.6 Å². The molecule has 0 N–H and O–H groups in total. The number of hydrogen-bond acceptors (Lipinski definition) is 6. The summed E-state index contributed by atoms with van der Waals surface area (Å²) in [7, 11) is -1.43. The van der Waals surface area contributed by atoms with Crippen molar-refractivity contribution in [2.24, 2.45) is 0 Å². The van der Waals surface area contributed by atoms with Crippen molar-refractivity contribution in [1.82, 2.24) is 9.78 Å². The van der Waals surface area contributed by atoms with E-state index in [9.17, 15) is 13.2 Å². The predicted octanol–water partition coefficient (Wildman–Crippen LogP) is 1.79. The van der Waals surface area contributed by atoms with Gasteiger partial charge in [-0.25, -0.2) is 8.42 Å². The van der Waals surface area contributed by atoms with E-state index in [0.717, 1.165) is 11.2 Å². The Balaban J connectivity index is 2.01. The van der Waals surface area contributed by atoms with Crippen LogP contribution in [0.2, 0.25) is 0 Å². The van der Waals surface area contributed by atoms with Gasteiger partial charge < -0.3 is 4.74 Å². The number of ether oxygens (including phenoxy) is 1. The Kier molecular flexibility index (Phi) is 3.58. The van der Waals surface area contributed by atoms with Crippen LogP contribution < -0.4 is 4.74 Å². The highest BCUT2D eigenvalue weighted by atomic mass is 32.2. The molecule has 1 fully saturated rings. The zero-order valence-corrected chi connectivity index (χ0v) is 13.0. The molecular formula is C13H14N2O4S2. The van der Waals surface area contributed by atoms with E-state index in [0.29, 0.717) is 23.4 Å². The molecule has 0 aromatic carbocycles. The number of aromatic nitrogens is 2. The van der Waals surface area contributed by atoms with E-state index in [2.05, 4.69) is 5.10 Å². The first kappa shape index (κ1) is 14.3. The summed E-state index contributed by atoms with van der Waals surface area (Å²) in [6, 6.07) is 1.61. The molecule has 0 aliphatic carbocycles. The number of sulfone groups is 1. The molecule has 112 valence electrons. The van der Waals surface area contributed by atoms with Gasteiger partial charge in [0, 0.05) is 6.20 Å². The molecule has 21 heavy (non-hydrogen) atoms. The van der Waals surface area contributed by atoms with Crippen molar-refractivity contribution in [1.29, 1.82) is 0 Å². The van der Waals surface area contributed by atoms with Crippen molar-refractivity contribution in [2.45, 2.75) is 12.5 Å². The minimum Gasteiger partial charge on any atom is -0.495 e. The topological polar surface area (TPSA) is 78.3 Å². The van der Waals surface area contributed by atoms with Crippen LogP contribution in [0.1, 0.15) is 22.8 Å². The van der Waals surface area contributed by atoms with Crippen LogP contribution in [0.5, 0.6) is 5.75 Å². The fraction of sp³-hybridized carbons (Fsp3) is 0.385. The summed E-state index contributed by atoms with van der Waals surface area (Å²) in [5.74, 6) is 0.909. The Hall–Kier alpha value is -1.67. The van der Waals surface area contributed by atoms with E-state index >= 15 is 0 Å². The lowest BCUT2D eigenvalue weighted by Crippen LogP contribution is -2.11. The SMILES string of the molecule is COc1ccsc1-c1nn(C2CCS(=O)(=O)C2)cc1C=O. The van der Waals surface area contributed by atoms with Crippen LogP contribution >= 0.6 is 11.3 Å². The van der Waals surface area contributed by atoms with Gasteiger partial charge in [-0.1, -0.05) is 0 Å². The zero-order chi connectivity index (χ0) is 15.0. The van der Waals surface area contributed by atoms with Gasteiger partial charge in [-0.05, 0) is 17.9 Å². The Morgan fingerprint density at radius 3 is 2.95 bits per heavy atom. The van der Waals surface area contributed by atoms with Gasteiger partial charge in [0.2, 0.25) is 0 Å². The Morgan fingerprint density at radius 1 is 1.52 bits per heavy atom. The molecule has 2 aromatic heterocycles. The molecule has 0 saturated carbocycles. The average molecular weight is 326 g/mol. The lowest BCUT2D eigenvalue weighted by Gasteiger charge is -2.07. The molecule has 6 nitrogen and oxygen atoms in total. The maximum Gasteiger partial charge on any atom is 0.153 e. The molecule has 0 bridgehead atoms. The summed E-state index contributed by atoms with van der Waals surface area (Å²) in [6.07, 6.45) is 2.89. The van der Waals surface area contributed by atoms with Crippen LogP contribution in [0.15, 0.2) is 17.6 Å². The number of carbonyl (C=O) groups excluding carboxylic acids is 1. The van der Waals surface area contributed by atoms with Gasteiger partial charge in [0.1, 0.15) is 11.4 Å². The molecule has 1 aliphatic rings. The van der Waals surface area contributed by atoms with Crippen molar-refractivity contribution in [3.8, 4) is 16.3 Å². The van der Waals surface area contributed by atoms with Crippen LogP contribution in [-0.4, -0.2) is 43.1 Å². The standard InChI is InChI=1S/C13H14N2O4S2/c1-19-11-2-4-20-13(11)12-9(7-16)6-15(14-12)10-3-5-21(17,18)8-10/h2,4,6-7,10H,3,5,8H2,1H3. The Morgan fingerprint density at radius 2 is 2.33 bits per heavy atom. The van der Waals surface area contributed by atoms with E-state index in [1.807, 2.05) is 11.4 Å². The zero-order valence-electron chi connectivity index (χ0n) is 11.4. The predicted molar refractivity (Wildman–Crippen MR) is 79.8 cm³/mol. The third-order valence-electron chi connectivity index (χ3n) is 3.53.